The van der Waals surface area contributed by atoms with Crippen molar-refractivity contribution in [1.82, 2.24) is 0 Å². The van der Waals surface area contributed by atoms with Crippen molar-refractivity contribution in [1.29, 1.82) is 0 Å². The fraction of sp³-hybridized carbons (Fsp3) is 0.500. The highest BCUT2D eigenvalue weighted by Gasteiger charge is 2.38. The highest BCUT2D eigenvalue weighted by Crippen LogP contribution is 2.34. The lowest BCUT2D eigenvalue weighted by molar-refractivity contribution is -0.145. The van der Waals surface area contributed by atoms with Crippen LogP contribution in [-0.2, 0) is 14.4 Å². The van der Waals surface area contributed by atoms with Gasteiger partial charge in [0.05, 0.1) is 17.1 Å². The maximum absolute atomic E-state index is 10.9. The lowest BCUT2D eigenvalue weighted by Crippen LogP contribution is -2.31. The summed E-state index contributed by atoms with van der Waals surface area (Å²) >= 11 is 0. The zero-order chi connectivity index (χ0) is 12.5. The zero-order valence-corrected chi connectivity index (χ0v) is 8.64. The average molecular weight is 228 g/mol. The summed E-state index contributed by atoms with van der Waals surface area (Å²) in [5, 5.41) is 26.7. The second-order valence-corrected chi connectivity index (χ2v) is 3.81. The van der Waals surface area contributed by atoms with E-state index >= 15 is 0 Å². The zero-order valence-electron chi connectivity index (χ0n) is 8.64. The lowest BCUT2D eigenvalue weighted by atomic mass is 9.77. The van der Waals surface area contributed by atoms with E-state index in [9.17, 15) is 14.4 Å². The van der Waals surface area contributed by atoms with Crippen molar-refractivity contribution in [3.63, 3.8) is 0 Å². The molecule has 1 rings (SSSR count). The van der Waals surface area contributed by atoms with Crippen molar-refractivity contribution in [2.45, 2.75) is 19.8 Å². The minimum absolute atomic E-state index is 0.162. The number of carboxylic acid groups (broad SMARTS) is 3. The first-order chi connectivity index (χ1) is 7.36. The van der Waals surface area contributed by atoms with Gasteiger partial charge in [-0.1, -0.05) is 6.92 Å². The maximum Gasteiger partial charge on any atom is 0.333 e. The molecular weight excluding hydrogens is 216 g/mol. The molecule has 3 N–H and O–H groups in total. The fourth-order valence-corrected chi connectivity index (χ4v) is 2.00. The van der Waals surface area contributed by atoms with Gasteiger partial charge in [-0.15, -0.1) is 0 Å². The highest BCUT2D eigenvalue weighted by atomic mass is 16.4. The average Bonchev–Trinajstić information content (AvgIpc) is 2.15. The van der Waals surface area contributed by atoms with Gasteiger partial charge >= 0.3 is 17.9 Å². The summed E-state index contributed by atoms with van der Waals surface area (Å²) in [4.78, 5) is 32.7. The Morgan fingerprint density at radius 1 is 1.00 bits per heavy atom. The molecule has 2 atom stereocenters. The van der Waals surface area contributed by atoms with E-state index in [0.29, 0.717) is 6.42 Å². The molecule has 1 aliphatic rings. The van der Waals surface area contributed by atoms with Crippen LogP contribution in [0.1, 0.15) is 19.8 Å². The summed E-state index contributed by atoms with van der Waals surface area (Å²) in [5.74, 6) is -5.76. The highest BCUT2D eigenvalue weighted by molar-refractivity contribution is 6.03. The van der Waals surface area contributed by atoms with Gasteiger partial charge in [0.15, 0.2) is 0 Å². The number of carbonyl (C=O) groups is 3. The molecule has 0 fully saturated rings. The van der Waals surface area contributed by atoms with Crippen LogP contribution in [-0.4, -0.2) is 33.2 Å². The number of aliphatic carboxylic acids is 3. The Bertz CT molecular complexity index is 381. The molecule has 0 heterocycles. The summed E-state index contributed by atoms with van der Waals surface area (Å²) in [6, 6.07) is 0. The molecule has 0 saturated heterocycles. The molecule has 2 unspecified atom stereocenters. The molecule has 1 aliphatic carbocycles. The summed E-state index contributed by atoms with van der Waals surface area (Å²) < 4.78 is 0. The first-order valence-corrected chi connectivity index (χ1v) is 4.79. The molecule has 0 radical (unpaired) electrons. The second-order valence-electron chi connectivity index (χ2n) is 3.81. The molecule has 0 amide bonds. The quantitative estimate of drug-likeness (QED) is 0.651. The van der Waals surface area contributed by atoms with Crippen LogP contribution >= 0.6 is 0 Å². The van der Waals surface area contributed by atoms with Crippen LogP contribution in [0.25, 0.3) is 0 Å². The Morgan fingerprint density at radius 2 is 1.50 bits per heavy atom. The van der Waals surface area contributed by atoms with Gasteiger partial charge in [0.1, 0.15) is 0 Å². The van der Waals surface area contributed by atoms with E-state index in [0.717, 1.165) is 0 Å². The molecule has 0 aromatic rings. The predicted octanol–water partition coefficient (Wildman–Crippen LogP) is 0.583. The van der Waals surface area contributed by atoms with Crippen LogP contribution < -0.4 is 0 Å². The number of rotatable bonds is 3. The topological polar surface area (TPSA) is 112 Å². The van der Waals surface area contributed by atoms with E-state index in [2.05, 4.69) is 0 Å². The smallest absolute Gasteiger partial charge is 0.333 e. The molecule has 0 saturated carbocycles. The Kier molecular flexibility index (Phi) is 3.31. The molecule has 6 nitrogen and oxygen atoms in total. The van der Waals surface area contributed by atoms with Crippen LogP contribution in [0.5, 0.6) is 0 Å². The summed E-state index contributed by atoms with van der Waals surface area (Å²) in [6.07, 6.45) is 0.532. The monoisotopic (exact) mass is 228 g/mol. The SMILES string of the molecule is CC1CCC(C(=O)O)C(C(=O)O)=C1C(=O)O. The van der Waals surface area contributed by atoms with Gasteiger partial charge in [0.2, 0.25) is 0 Å². The third-order valence-electron chi connectivity index (χ3n) is 2.78. The van der Waals surface area contributed by atoms with Crippen molar-refractivity contribution in [2.75, 3.05) is 0 Å². The second kappa shape index (κ2) is 4.34. The van der Waals surface area contributed by atoms with Crippen LogP contribution in [0.2, 0.25) is 0 Å². The van der Waals surface area contributed by atoms with Crippen molar-refractivity contribution >= 4 is 17.9 Å². The minimum Gasteiger partial charge on any atom is -0.481 e. The molecule has 16 heavy (non-hydrogen) atoms. The van der Waals surface area contributed by atoms with Gasteiger partial charge in [0.25, 0.3) is 0 Å². The van der Waals surface area contributed by atoms with Crippen molar-refractivity contribution < 1.29 is 29.7 Å². The van der Waals surface area contributed by atoms with E-state index in [1.807, 2.05) is 0 Å². The summed E-state index contributed by atoms with van der Waals surface area (Å²) in [5.41, 5.74) is -0.773. The first kappa shape index (κ1) is 12.2. The lowest BCUT2D eigenvalue weighted by Gasteiger charge is -2.25. The van der Waals surface area contributed by atoms with Crippen LogP contribution in [0.3, 0.4) is 0 Å². The van der Waals surface area contributed by atoms with E-state index in [-0.39, 0.29) is 12.0 Å². The molecule has 0 bridgehead atoms. The van der Waals surface area contributed by atoms with E-state index < -0.39 is 35.3 Å². The molecule has 6 heteroatoms. The normalized spacial score (nSPS) is 25.3. The number of hydrogen-bond acceptors (Lipinski definition) is 3. The minimum atomic E-state index is -1.46. The Balaban J connectivity index is 3.35. The number of carboxylic acids is 3. The Morgan fingerprint density at radius 3 is 1.88 bits per heavy atom. The van der Waals surface area contributed by atoms with Gasteiger partial charge in [-0.2, -0.15) is 0 Å². The Labute approximate surface area is 91.2 Å². The molecule has 0 aliphatic heterocycles. The first-order valence-electron chi connectivity index (χ1n) is 4.79. The summed E-state index contributed by atoms with van der Waals surface area (Å²) in [6.45, 7) is 1.59. The molecular formula is C10H12O6. The van der Waals surface area contributed by atoms with E-state index in [1.54, 1.807) is 6.92 Å². The van der Waals surface area contributed by atoms with Crippen LogP contribution in [0.15, 0.2) is 11.1 Å². The molecule has 0 aromatic carbocycles. The molecule has 0 aromatic heterocycles. The van der Waals surface area contributed by atoms with Crippen molar-refractivity contribution in [2.24, 2.45) is 11.8 Å². The standard InChI is InChI=1S/C10H12O6/c1-4-2-3-5(8(11)12)7(10(15)16)6(4)9(13)14/h4-5H,2-3H2,1H3,(H,11,12)(H,13,14)(H,15,16). The molecule has 88 valence electrons. The van der Waals surface area contributed by atoms with Gasteiger partial charge in [0, 0.05) is 0 Å². The van der Waals surface area contributed by atoms with Gasteiger partial charge in [-0.25, -0.2) is 9.59 Å². The van der Waals surface area contributed by atoms with E-state index in [4.69, 9.17) is 15.3 Å². The number of hydrogen-bond donors (Lipinski definition) is 3. The Hall–Kier alpha value is -1.85. The van der Waals surface area contributed by atoms with Gasteiger partial charge in [-0.3, -0.25) is 4.79 Å². The fourth-order valence-electron chi connectivity index (χ4n) is 2.00. The van der Waals surface area contributed by atoms with Crippen LogP contribution in [0, 0.1) is 11.8 Å². The van der Waals surface area contributed by atoms with Crippen LogP contribution in [0.4, 0.5) is 0 Å². The molecule has 0 spiro atoms. The third kappa shape index (κ3) is 2.05. The van der Waals surface area contributed by atoms with E-state index in [1.165, 1.54) is 0 Å². The van der Waals surface area contributed by atoms with Crippen molar-refractivity contribution in [3.05, 3.63) is 11.1 Å². The largest absolute Gasteiger partial charge is 0.481 e. The van der Waals surface area contributed by atoms with Gasteiger partial charge < -0.3 is 15.3 Å². The predicted molar refractivity (Wildman–Crippen MR) is 51.8 cm³/mol. The summed E-state index contributed by atoms with van der Waals surface area (Å²) in [7, 11) is 0. The maximum atomic E-state index is 10.9. The van der Waals surface area contributed by atoms with Crippen molar-refractivity contribution in [3.8, 4) is 0 Å². The van der Waals surface area contributed by atoms with Gasteiger partial charge in [-0.05, 0) is 18.8 Å². The third-order valence-corrected chi connectivity index (χ3v) is 2.78.